The van der Waals surface area contributed by atoms with Crippen LogP contribution in [0.25, 0.3) is 0 Å². The molecule has 88 valence electrons. The lowest BCUT2D eigenvalue weighted by atomic mass is 10.1. The second-order valence-electron chi connectivity index (χ2n) is 3.94. The second-order valence-corrected chi connectivity index (χ2v) is 3.94. The molecule has 16 heavy (non-hydrogen) atoms. The van der Waals surface area contributed by atoms with Gasteiger partial charge in [-0.1, -0.05) is 0 Å². The Morgan fingerprint density at radius 3 is 2.44 bits per heavy atom. The number of amides is 2. The standard InChI is InChI=1S/C9H13N3O4/c13-6-3-12(4-7(6)14)9(16)5-1-2-8(15)11-10-5/h6-7,13-14H,1-4H2,(H,11,15)/t6-,7+. The summed E-state index contributed by atoms with van der Waals surface area (Å²) < 4.78 is 0. The molecular weight excluding hydrogens is 214 g/mol. The van der Waals surface area contributed by atoms with Gasteiger partial charge in [0.1, 0.15) is 5.71 Å². The molecule has 2 aliphatic rings. The van der Waals surface area contributed by atoms with Crippen LogP contribution in [0, 0.1) is 0 Å². The van der Waals surface area contributed by atoms with Crippen molar-refractivity contribution in [1.82, 2.24) is 10.3 Å². The number of hydrogen-bond acceptors (Lipinski definition) is 5. The van der Waals surface area contributed by atoms with E-state index in [0.29, 0.717) is 6.42 Å². The van der Waals surface area contributed by atoms with Gasteiger partial charge in [0.25, 0.3) is 5.91 Å². The first-order valence-electron chi connectivity index (χ1n) is 5.08. The normalized spacial score (nSPS) is 30.0. The van der Waals surface area contributed by atoms with E-state index < -0.39 is 12.2 Å². The maximum absolute atomic E-state index is 11.8. The molecule has 0 aromatic rings. The Labute approximate surface area is 91.7 Å². The smallest absolute Gasteiger partial charge is 0.270 e. The molecule has 3 N–H and O–H groups in total. The lowest BCUT2D eigenvalue weighted by molar-refractivity contribution is -0.124. The zero-order chi connectivity index (χ0) is 11.7. The van der Waals surface area contributed by atoms with Crippen molar-refractivity contribution in [3.63, 3.8) is 0 Å². The second kappa shape index (κ2) is 4.18. The number of aliphatic hydroxyl groups excluding tert-OH is 2. The van der Waals surface area contributed by atoms with E-state index in [1.807, 2.05) is 0 Å². The minimum atomic E-state index is -0.900. The third-order valence-corrected chi connectivity index (χ3v) is 2.70. The fourth-order valence-electron chi connectivity index (χ4n) is 1.75. The highest BCUT2D eigenvalue weighted by Gasteiger charge is 2.34. The Morgan fingerprint density at radius 1 is 1.31 bits per heavy atom. The molecule has 2 heterocycles. The first-order valence-corrected chi connectivity index (χ1v) is 5.08. The molecule has 0 saturated carbocycles. The SMILES string of the molecule is O=C1CCC(C(=O)N2C[C@@H](O)[C@@H](O)C2)=NN1. The number of likely N-dealkylation sites (tertiary alicyclic amines) is 1. The van der Waals surface area contributed by atoms with E-state index in [1.165, 1.54) is 4.90 Å². The molecule has 0 aliphatic carbocycles. The van der Waals surface area contributed by atoms with Gasteiger partial charge in [-0.05, 0) is 0 Å². The first-order chi connectivity index (χ1) is 7.58. The van der Waals surface area contributed by atoms with Crippen molar-refractivity contribution < 1.29 is 19.8 Å². The summed E-state index contributed by atoms with van der Waals surface area (Å²) >= 11 is 0. The van der Waals surface area contributed by atoms with Crippen molar-refractivity contribution in [3.8, 4) is 0 Å². The molecule has 1 saturated heterocycles. The van der Waals surface area contributed by atoms with Gasteiger partial charge in [-0.15, -0.1) is 0 Å². The largest absolute Gasteiger partial charge is 0.388 e. The Morgan fingerprint density at radius 2 is 1.94 bits per heavy atom. The molecule has 0 radical (unpaired) electrons. The topological polar surface area (TPSA) is 102 Å². The van der Waals surface area contributed by atoms with Gasteiger partial charge in [-0.2, -0.15) is 5.10 Å². The van der Waals surface area contributed by atoms with Crippen LogP contribution in [-0.2, 0) is 9.59 Å². The van der Waals surface area contributed by atoms with Crippen molar-refractivity contribution >= 4 is 17.5 Å². The molecule has 2 atom stereocenters. The number of carbonyl (C=O) groups excluding carboxylic acids is 2. The first kappa shape index (κ1) is 11.0. The summed E-state index contributed by atoms with van der Waals surface area (Å²) in [5.41, 5.74) is 2.50. The molecular formula is C9H13N3O4. The van der Waals surface area contributed by atoms with Crippen LogP contribution in [0.3, 0.4) is 0 Å². The summed E-state index contributed by atoms with van der Waals surface area (Å²) in [5, 5.41) is 22.3. The third kappa shape index (κ3) is 2.05. The Bertz CT molecular complexity index is 345. The maximum atomic E-state index is 11.8. The van der Waals surface area contributed by atoms with Crippen LogP contribution >= 0.6 is 0 Å². The molecule has 1 fully saturated rings. The zero-order valence-corrected chi connectivity index (χ0v) is 8.59. The van der Waals surface area contributed by atoms with Gasteiger partial charge >= 0.3 is 0 Å². The van der Waals surface area contributed by atoms with Crippen molar-refractivity contribution in [2.24, 2.45) is 5.10 Å². The average Bonchev–Trinajstić information content (AvgIpc) is 2.59. The van der Waals surface area contributed by atoms with Gasteiger partial charge in [0.2, 0.25) is 5.91 Å². The quantitative estimate of drug-likeness (QED) is 0.473. The van der Waals surface area contributed by atoms with Crippen LogP contribution in [-0.4, -0.2) is 57.9 Å². The minimum Gasteiger partial charge on any atom is -0.388 e. The zero-order valence-electron chi connectivity index (χ0n) is 8.59. The highest BCUT2D eigenvalue weighted by atomic mass is 16.3. The summed E-state index contributed by atoms with van der Waals surface area (Å²) in [4.78, 5) is 24.0. The van der Waals surface area contributed by atoms with Gasteiger partial charge in [-0.3, -0.25) is 9.59 Å². The number of hydrogen-bond donors (Lipinski definition) is 3. The van der Waals surface area contributed by atoms with Gasteiger partial charge in [0.15, 0.2) is 0 Å². The molecule has 0 unspecified atom stereocenters. The lowest BCUT2D eigenvalue weighted by Gasteiger charge is -2.18. The van der Waals surface area contributed by atoms with Crippen LogP contribution in [0.2, 0.25) is 0 Å². The van der Waals surface area contributed by atoms with E-state index in [1.54, 1.807) is 0 Å². The molecule has 7 heteroatoms. The summed E-state index contributed by atoms with van der Waals surface area (Å²) in [5.74, 6) is -0.548. The fourth-order valence-corrected chi connectivity index (χ4v) is 1.75. The number of nitrogens with zero attached hydrogens (tertiary/aromatic N) is 2. The van der Waals surface area contributed by atoms with E-state index in [4.69, 9.17) is 0 Å². The number of nitrogens with one attached hydrogen (secondary N) is 1. The lowest BCUT2D eigenvalue weighted by Crippen LogP contribution is -2.39. The van der Waals surface area contributed by atoms with Crippen LogP contribution in [0.1, 0.15) is 12.8 Å². The molecule has 2 rings (SSSR count). The van der Waals surface area contributed by atoms with Gasteiger partial charge in [0, 0.05) is 25.9 Å². The predicted octanol–water partition coefficient (Wildman–Crippen LogP) is -2.18. The summed E-state index contributed by atoms with van der Waals surface area (Å²) in [6.45, 7) is 0.208. The molecule has 2 amide bonds. The average molecular weight is 227 g/mol. The Balaban J connectivity index is 2.01. The molecule has 2 aliphatic heterocycles. The minimum absolute atomic E-state index is 0.104. The highest BCUT2D eigenvalue weighted by molar-refractivity contribution is 6.39. The van der Waals surface area contributed by atoms with Crippen LogP contribution < -0.4 is 5.43 Å². The monoisotopic (exact) mass is 227 g/mol. The predicted molar refractivity (Wildman–Crippen MR) is 53.4 cm³/mol. The third-order valence-electron chi connectivity index (χ3n) is 2.70. The van der Waals surface area contributed by atoms with Crippen molar-refractivity contribution in [2.45, 2.75) is 25.0 Å². The number of rotatable bonds is 1. The van der Waals surface area contributed by atoms with Crippen molar-refractivity contribution in [3.05, 3.63) is 0 Å². The van der Waals surface area contributed by atoms with Crippen LogP contribution in [0.5, 0.6) is 0 Å². The Hall–Kier alpha value is -1.47. The van der Waals surface area contributed by atoms with E-state index in [0.717, 1.165) is 0 Å². The van der Waals surface area contributed by atoms with E-state index in [9.17, 15) is 19.8 Å². The van der Waals surface area contributed by atoms with Gasteiger partial charge in [-0.25, -0.2) is 5.43 Å². The fraction of sp³-hybridized carbons (Fsp3) is 0.667. The number of aliphatic hydroxyl groups is 2. The van der Waals surface area contributed by atoms with Crippen LogP contribution in [0.15, 0.2) is 5.10 Å². The summed E-state index contributed by atoms with van der Waals surface area (Å²) in [6, 6.07) is 0. The number of carbonyl (C=O) groups is 2. The Kier molecular flexibility index (Phi) is 2.88. The number of hydrazone groups is 1. The van der Waals surface area contributed by atoms with Crippen LogP contribution in [0.4, 0.5) is 0 Å². The van der Waals surface area contributed by atoms with E-state index in [2.05, 4.69) is 10.5 Å². The van der Waals surface area contributed by atoms with Crippen molar-refractivity contribution in [1.29, 1.82) is 0 Å². The van der Waals surface area contributed by atoms with E-state index in [-0.39, 0.29) is 37.0 Å². The van der Waals surface area contributed by atoms with Gasteiger partial charge < -0.3 is 15.1 Å². The molecule has 0 aromatic carbocycles. The molecule has 7 nitrogen and oxygen atoms in total. The van der Waals surface area contributed by atoms with Crippen molar-refractivity contribution in [2.75, 3.05) is 13.1 Å². The van der Waals surface area contributed by atoms with Gasteiger partial charge in [0.05, 0.1) is 12.2 Å². The molecule has 0 spiro atoms. The number of β-amino-alcohol motifs (C(OH)–C–C–N with tert-alkyl or cyclic N) is 2. The maximum Gasteiger partial charge on any atom is 0.270 e. The van der Waals surface area contributed by atoms with E-state index >= 15 is 0 Å². The summed E-state index contributed by atoms with van der Waals surface area (Å²) in [7, 11) is 0. The highest BCUT2D eigenvalue weighted by Crippen LogP contribution is 2.12. The molecule has 0 aromatic heterocycles. The summed E-state index contributed by atoms with van der Waals surface area (Å²) in [6.07, 6.45) is -1.26. The molecule has 0 bridgehead atoms.